The largest absolute Gasteiger partial charge is 0.366 e. The molecule has 2 heterocycles. The van der Waals surface area contributed by atoms with E-state index in [0.29, 0.717) is 25.1 Å². The van der Waals surface area contributed by atoms with E-state index in [1.54, 1.807) is 4.31 Å². The van der Waals surface area contributed by atoms with Gasteiger partial charge >= 0.3 is 0 Å². The Morgan fingerprint density at radius 3 is 2.48 bits per heavy atom. The molecular weight excluding hydrogens is 429 g/mol. The maximum Gasteiger partial charge on any atom is 0.250 e. The lowest BCUT2D eigenvalue weighted by atomic mass is 9.88. The van der Waals surface area contributed by atoms with Crippen LogP contribution < -0.4 is 5.73 Å². The van der Waals surface area contributed by atoms with Crippen molar-refractivity contribution in [3.05, 3.63) is 59.8 Å². The first-order valence-electron chi connectivity index (χ1n) is 10.6. The Balaban J connectivity index is 1.65. The summed E-state index contributed by atoms with van der Waals surface area (Å²) in [6, 6.07) is 13.9. The normalized spacial score (nSPS) is 16.0. The van der Waals surface area contributed by atoms with Gasteiger partial charge in [0.2, 0.25) is 10.0 Å². The zero-order valence-electron chi connectivity index (χ0n) is 17.4. The minimum atomic E-state index is -3.19. The molecule has 1 aliphatic rings. The summed E-state index contributed by atoms with van der Waals surface area (Å²) in [6.07, 6.45) is 4.92. The Morgan fingerprint density at radius 2 is 1.84 bits per heavy atom. The van der Waals surface area contributed by atoms with E-state index < -0.39 is 15.9 Å². The molecule has 1 fully saturated rings. The molecule has 0 spiro atoms. The number of nitrogens with zero attached hydrogens (tertiary/aromatic N) is 1. The number of carbonyl (C=O) groups is 1. The number of sulfonamides is 1. The van der Waals surface area contributed by atoms with Gasteiger partial charge in [-0.15, -0.1) is 9.24 Å². The highest BCUT2D eigenvalue weighted by Gasteiger charge is 2.29. The average molecular weight is 458 g/mol. The summed E-state index contributed by atoms with van der Waals surface area (Å²) in [7, 11) is -0.609. The molecule has 3 aromatic rings. The van der Waals surface area contributed by atoms with Gasteiger partial charge in [0.1, 0.15) is 0 Å². The summed E-state index contributed by atoms with van der Waals surface area (Å²) in [6.45, 7) is 1.05. The van der Waals surface area contributed by atoms with Crippen LogP contribution >= 0.6 is 9.24 Å². The van der Waals surface area contributed by atoms with Crippen molar-refractivity contribution in [1.82, 2.24) is 9.29 Å². The Bertz CT molecular complexity index is 1180. The van der Waals surface area contributed by atoms with Gasteiger partial charge in [-0.1, -0.05) is 30.3 Å². The molecule has 6 nitrogen and oxygen atoms in total. The molecule has 3 N–H and O–H groups in total. The number of carbonyl (C=O) groups excluding carboxylic acids is 1. The topological polar surface area (TPSA) is 96.3 Å². The number of piperidine rings is 1. The van der Waals surface area contributed by atoms with Crippen molar-refractivity contribution in [2.24, 2.45) is 5.73 Å². The van der Waals surface area contributed by atoms with Crippen molar-refractivity contribution in [2.75, 3.05) is 25.0 Å². The summed E-state index contributed by atoms with van der Waals surface area (Å²) in [5, 5.41) is 0.986. The lowest BCUT2D eigenvalue weighted by molar-refractivity contribution is 0.100. The van der Waals surface area contributed by atoms with Gasteiger partial charge in [0.25, 0.3) is 5.91 Å². The Morgan fingerprint density at radius 1 is 1.13 bits per heavy atom. The number of hydrogen-bond donors (Lipinski definition) is 2. The molecule has 31 heavy (non-hydrogen) atoms. The third-order valence-corrected chi connectivity index (χ3v) is 8.45. The Labute approximate surface area is 185 Å². The maximum absolute atomic E-state index is 12.5. The van der Waals surface area contributed by atoms with Crippen LogP contribution in [0, 0.1) is 0 Å². The second-order valence-electron chi connectivity index (χ2n) is 8.05. The number of rotatable bonds is 7. The van der Waals surface area contributed by atoms with Crippen molar-refractivity contribution in [1.29, 1.82) is 0 Å². The number of aromatic nitrogens is 1. The highest BCUT2D eigenvalue weighted by atomic mass is 32.2. The molecule has 1 unspecified atom stereocenters. The van der Waals surface area contributed by atoms with Gasteiger partial charge in [0.15, 0.2) is 0 Å². The fourth-order valence-corrected chi connectivity index (χ4v) is 6.48. The monoisotopic (exact) mass is 457 g/mol. The summed E-state index contributed by atoms with van der Waals surface area (Å²) in [5.41, 5.74) is 10.00. The molecule has 0 radical (unpaired) electrons. The summed E-state index contributed by atoms with van der Waals surface area (Å²) in [5.74, 6) is -0.0312. The number of primary amides is 1. The summed E-state index contributed by atoms with van der Waals surface area (Å²) < 4.78 is 26.7. The number of amides is 1. The molecular formula is C23H28N3O3PS. The highest BCUT2D eigenvalue weighted by molar-refractivity contribution is 7.89. The lowest BCUT2D eigenvalue weighted by Gasteiger charge is -2.31. The van der Waals surface area contributed by atoms with Crippen LogP contribution in [-0.4, -0.2) is 48.6 Å². The van der Waals surface area contributed by atoms with Crippen LogP contribution in [0.3, 0.4) is 0 Å². The van der Waals surface area contributed by atoms with Crippen LogP contribution in [0.5, 0.6) is 0 Å². The summed E-state index contributed by atoms with van der Waals surface area (Å²) >= 11 is 0. The quantitative estimate of drug-likeness (QED) is 0.530. The Kier molecular flexibility index (Phi) is 6.47. The fourth-order valence-electron chi connectivity index (χ4n) is 4.42. The van der Waals surface area contributed by atoms with Gasteiger partial charge in [0.05, 0.1) is 16.8 Å². The zero-order chi connectivity index (χ0) is 22.0. The molecule has 1 saturated heterocycles. The van der Waals surface area contributed by atoms with Crippen molar-refractivity contribution >= 4 is 36.1 Å². The SMILES string of the molecule is NC(=O)c1cc(-c2ccccc2)cc2c(C3CCN(S(=O)(=O)CCCP)CC3)c[nH]c12. The third-order valence-electron chi connectivity index (χ3n) is 6.09. The lowest BCUT2D eigenvalue weighted by Crippen LogP contribution is -2.39. The van der Waals surface area contributed by atoms with E-state index >= 15 is 0 Å². The number of aromatic amines is 1. The maximum atomic E-state index is 12.5. The van der Waals surface area contributed by atoms with Gasteiger partial charge in [-0.3, -0.25) is 4.79 Å². The second kappa shape index (κ2) is 9.11. The molecule has 1 atom stereocenters. The van der Waals surface area contributed by atoms with Crippen LogP contribution in [0.1, 0.15) is 41.1 Å². The van der Waals surface area contributed by atoms with Crippen LogP contribution in [0.15, 0.2) is 48.7 Å². The first-order valence-corrected chi connectivity index (χ1v) is 13.0. The molecule has 2 aromatic carbocycles. The van der Waals surface area contributed by atoms with Crippen LogP contribution in [0.2, 0.25) is 0 Å². The first kappa shape index (κ1) is 22.0. The van der Waals surface area contributed by atoms with Gasteiger partial charge in [-0.2, -0.15) is 0 Å². The van der Waals surface area contributed by atoms with E-state index in [-0.39, 0.29) is 11.7 Å². The number of H-pyrrole nitrogens is 1. The third kappa shape index (κ3) is 4.54. The smallest absolute Gasteiger partial charge is 0.250 e. The minimum absolute atomic E-state index is 0.205. The number of benzene rings is 2. The van der Waals surface area contributed by atoms with E-state index in [1.807, 2.05) is 42.6 Å². The molecule has 0 saturated carbocycles. The van der Waals surface area contributed by atoms with Gasteiger partial charge in [-0.05, 0) is 60.2 Å². The number of nitrogens with two attached hydrogens (primary N) is 1. The number of hydrogen-bond acceptors (Lipinski definition) is 3. The zero-order valence-corrected chi connectivity index (χ0v) is 19.4. The first-order chi connectivity index (χ1) is 14.9. The van der Waals surface area contributed by atoms with E-state index in [0.717, 1.165) is 46.6 Å². The Hall–Kier alpha value is -2.21. The van der Waals surface area contributed by atoms with Crippen molar-refractivity contribution in [3.63, 3.8) is 0 Å². The van der Waals surface area contributed by atoms with Crippen molar-refractivity contribution in [2.45, 2.75) is 25.2 Å². The second-order valence-corrected chi connectivity index (χ2v) is 10.7. The van der Waals surface area contributed by atoms with Crippen molar-refractivity contribution in [3.8, 4) is 11.1 Å². The number of nitrogens with one attached hydrogen (secondary N) is 1. The molecule has 1 amide bonds. The minimum Gasteiger partial charge on any atom is -0.366 e. The molecule has 4 rings (SSSR count). The van der Waals surface area contributed by atoms with E-state index in [1.165, 1.54) is 0 Å². The molecule has 0 bridgehead atoms. The number of fused-ring (bicyclic) bond motifs is 1. The predicted octanol–water partition coefficient (Wildman–Crippen LogP) is 3.71. The van der Waals surface area contributed by atoms with Crippen molar-refractivity contribution < 1.29 is 13.2 Å². The summed E-state index contributed by atoms with van der Waals surface area (Å²) in [4.78, 5) is 15.4. The molecule has 8 heteroatoms. The molecule has 1 aliphatic heterocycles. The van der Waals surface area contributed by atoms with Gasteiger partial charge < -0.3 is 10.7 Å². The highest BCUT2D eigenvalue weighted by Crippen LogP contribution is 2.37. The predicted molar refractivity (Wildman–Crippen MR) is 129 cm³/mol. The van der Waals surface area contributed by atoms with Crippen LogP contribution in [0.25, 0.3) is 22.0 Å². The average Bonchev–Trinajstić information content (AvgIpc) is 3.21. The van der Waals surface area contributed by atoms with Crippen LogP contribution in [-0.2, 0) is 10.0 Å². The fraction of sp³-hybridized carbons (Fsp3) is 0.348. The molecule has 1 aromatic heterocycles. The van der Waals surface area contributed by atoms with E-state index in [2.05, 4.69) is 20.3 Å². The van der Waals surface area contributed by atoms with Gasteiger partial charge in [-0.25, -0.2) is 12.7 Å². The molecule has 0 aliphatic carbocycles. The van der Waals surface area contributed by atoms with Crippen LogP contribution in [0.4, 0.5) is 0 Å². The van der Waals surface area contributed by atoms with E-state index in [4.69, 9.17) is 5.73 Å². The van der Waals surface area contributed by atoms with Gasteiger partial charge in [0, 0.05) is 24.7 Å². The molecule has 164 valence electrons. The standard InChI is InChI=1S/C23H28N3O3PS/c24-23(27)20-14-18(16-5-2-1-3-6-16)13-19-21(15-25-22(19)20)17-7-9-26(10-8-17)31(28,29)12-4-11-30/h1-3,5-6,13-15,17,25H,4,7-12,30H2,(H2,24,27). The van der Waals surface area contributed by atoms with E-state index in [9.17, 15) is 13.2 Å².